The lowest BCUT2D eigenvalue weighted by atomic mass is 10.1. The van der Waals surface area contributed by atoms with E-state index in [1.165, 1.54) is 0 Å². The molecule has 1 aromatic carbocycles. The van der Waals surface area contributed by atoms with Gasteiger partial charge in [-0.05, 0) is 30.7 Å². The van der Waals surface area contributed by atoms with Gasteiger partial charge in [0, 0.05) is 23.7 Å². The highest BCUT2D eigenvalue weighted by atomic mass is 79.9. The Balaban J connectivity index is 2.42. The van der Waals surface area contributed by atoms with Crippen LogP contribution in [-0.2, 0) is 9.53 Å². The van der Waals surface area contributed by atoms with Crippen molar-refractivity contribution in [3.8, 4) is 0 Å². The maximum absolute atomic E-state index is 11.8. The Morgan fingerprint density at radius 2 is 2.05 bits per heavy atom. The molecule has 0 atom stereocenters. The van der Waals surface area contributed by atoms with Gasteiger partial charge in [-0.15, -0.1) is 0 Å². The number of carbonyl (C=O) groups is 2. The summed E-state index contributed by atoms with van der Waals surface area (Å²) >= 11 is 3.37. The standard InChI is InChI=1S/C13H17BrN2O3/c1-9-7-10(3-4-11(9)14)13(18)16-8-12(17)15-5-6-19-2/h3-4,7H,5-6,8H2,1-2H3,(H,15,17)(H,16,18). The summed E-state index contributed by atoms with van der Waals surface area (Å²) in [6, 6.07) is 5.28. The summed E-state index contributed by atoms with van der Waals surface area (Å²) in [7, 11) is 1.56. The molecule has 0 bridgehead atoms. The average Bonchev–Trinajstić information content (AvgIpc) is 2.39. The lowest BCUT2D eigenvalue weighted by Gasteiger charge is -2.07. The SMILES string of the molecule is COCCNC(=O)CNC(=O)c1ccc(Br)c(C)c1. The summed E-state index contributed by atoms with van der Waals surface area (Å²) in [5.74, 6) is -0.503. The Hall–Kier alpha value is -1.40. The summed E-state index contributed by atoms with van der Waals surface area (Å²) in [5, 5.41) is 5.19. The Bertz CT molecular complexity index is 463. The predicted octanol–water partition coefficient (Wildman–Crippen LogP) is 1.25. The topological polar surface area (TPSA) is 67.4 Å². The second-order valence-corrected chi connectivity index (χ2v) is 4.84. The third-order valence-corrected chi connectivity index (χ3v) is 3.35. The molecule has 19 heavy (non-hydrogen) atoms. The molecule has 0 spiro atoms. The van der Waals surface area contributed by atoms with Crippen molar-refractivity contribution >= 4 is 27.7 Å². The van der Waals surface area contributed by atoms with Crippen LogP contribution in [0.5, 0.6) is 0 Å². The number of hydrogen-bond acceptors (Lipinski definition) is 3. The van der Waals surface area contributed by atoms with E-state index in [-0.39, 0.29) is 18.4 Å². The van der Waals surface area contributed by atoms with E-state index in [4.69, 9.17) is 4.74 Å². The second kappa shape index (κ2) is 7.91. The number of nitrogens with one attached hydrogen (secondary N) is 2. The molecule has 2 N–H and O–H groups in total. The van der Waals surface area contributed by atoms with E-state index < -0.39 is 0 Å². The van der Waals surface area contributed by atoms with Gasteiger partial charge >= 0.3 is 0 Å². The van der Waals surface area contributed by atoms with Crippen LogP contribution in [0, 0.1) is 6.92 Å². The first-order chi connectivity index (χ1) is 9.04. The monoisotopic (exact) mass is 328 g/mol. The van der Waals surface area contributed by atoms with Crippen LogP contribution in [0.2, 0.25) is 0 Å². The highest BCUT2D eigenvalue weighted by molar-refractivity contribution is 9.10. The highest BCUT2D eigenvalue weighted by Crippen LogP contribution is 2.16. The molecular formula is C13H17BrN2O3. The molecule has 2 amide bonds. The predicted molar refractivity (Wildman–Crippen MR) is 76.1 cm³/mol. The molecule has 104 valence electrons. The number of benzene rings is 1. The number of rotatable bonds is 6. The number of halogens is 1. The first-order valence-corrected chi connectivity index (χ1v) is 6.64. The molecule has 0 aliphatic rings. The van der Waals surface area contributed by atoms with Crippen LogP contribution in [0.4, 0.5) is 0 Å². The molecule has 0 unspecified atom stereocenters. The first-order valence-electron chi connectivity index (χ1n) is 5.84. The van der Waals surface area contributed by atoms with Gasteiger partial charge in [0.2, 0.25) is 5.91 Å². The fraction of sp³-hybridized carbons (Fsp3) is 0.385. The third kappa shape index (κ3) is 5.40. The highest BCUT2D eigenvalue weighted by Gasteiger charge is 2.08. The number of amides is 2. The van der Waals surface area contributed by atoms with Gasteiger partial charge in [-0.2, -0.15) is 0 Å². The van der Waals surface area contributed by atoms with Gasteiger partial charge in [-0.1, -0.05) is 15.9 Å². The Labute approximate surface area is 120 Å². The van der Waals surface area contributed by atoms with Gasteiger partial charge in [-0.25, -0.2) is 0 Å². The van der Waals surface area contributed by atoms with E-state index in [9.17, 15) is 9.59 Å². The van der Waals surface area contributed by atoms with Crippen molar-refractivity contribution in [2.24, 2.45) is 0 Å². The van der Waals surface area contributed by atoms with Gasteiger partial charge in [0.25, 0.3) is 5.91 Å². The summed E-state index contributed by atoms with van der Waals surface area (Å²) in [4.78, 5) is 23.2. The van der Waals surface area contributed by atoms with Crippen molar-refractivity contribution in [1.82, 2.24) is 10.6 Å². The maximum Gasteiger partial charge on any atom is 0.251 e. The van der Waals surface area contributed by atoms with Crippen molar-refractivity contribution in [3.63, 3.8) is 0 Å². The lowest BCUT2D eigenvalue weighted by Crippen LogP contribution is -2.38. The van der Waals surface area contributed by atoms with E-state index in [0.717, 1.165) is 10.0 Å². The number of hydrogen-bond donors (Lipinski definition) is 2. The van der Waals surface area contributed by atoms with Gasteiger partial charge in [0.1, 0.15) is 0 Å². The minimum Gasteiger partial charge on any atom is -0.383 e. The molecular weight excluding hydrogens is 312 g/mol. The Kier molecular flexibility index (Phi) is 6.52. The molecule has 0 aliphatic carbocycles. The van der Waals surface area contributed by atoms with Crippen molar-refractivity contribution < 1.29 is 14.3 Å². The minimum atomic E-state index is -0.266. The van der Waals surface area contributed by atoms with Crippen LogP contribution in [0.25, 0.3) is 0 Å². The Morgan fingerprint density at radius 1 is 1.32 bits per heavy atom. The fourth-order valence-corrected chi connectivity index (χ4v) is 1.65. The van der Waals surface area contributed by atoms with E-state index in [0.29, 0.717) is 18.7 Å². The largest absolute Gasteiger partial charge is 0.383 e. The normalized spacial score (nSPS) is 10.1. The lowest BCUT2D eigenvalue weighted by molar-refractivity contribution is -0.120. The van der Waals surface area contributed by atoms with Gasteiger partial charge in [-0.3, -0.25) is 9.59 Å². The summed E-state index contributed by atoms with van der Waals surface area (Å²) in [6.07, 6.45) is 0. The Morgan fingerprint density at radius 3 is 2.68 bits per heavy atom. The van der Waals surface area contributed by atoms with Crippen LogP contribution < -0.4 is 10.6 Å². The molecule has 1 aromatic rings. The van der Waals surface area contributed by atoms with E-state index in [1.54, 1.807) is 19.2 Å². The molecule has 1 rings (SSSR count). The van der Waals surface area contributed by atoms with Gasteiger partial charge in [0.15, 0.2) is 0 Å². The van der Waals surface area contributed by atoms with Gasteiger partial charge in [0.05, 0.1) is 13.2 Å². The number of ether oxygens (including phenoxy) is 1. The summed E-state index contributed by atoms with van der Waals surface area (Å²) in [5.41, 5.74) is 1.50. The van der Waals surface area contributed by atoms with Crippen molar-refractivity contribution in [1.29, 1.82) is 0 Å². The zero-order valence-electron chi connectivity index (χ0n) is 11.0. The maximum atomic E-state index is 11.8. The molecule has 0 fully saturated rings. The van der Waals surface area contributed by atoms with Crippen molar-refractivity contribution in [2.45, 2.75) is 6.92 Å². The molecule has 6 heteroatoms. The molecule has 0 saturated carbocycles. The fourth-order valence-electron chi connectivity index (χ4n) is 1.40. The smallest absolute Gasteiger partial charge is 0.251 e. The molecule has 0 aromatic heterocycles. The molecule has 0 heterocycles. The summed E-state index contributed by atoms with van der Waals surface area (Å²) in [6.45, 7) is 2.74. The quantitative estimate of drug-likeness (QED) is 0.772. The first kappa shape index (κ1) is 15.7. The zero-order valence-corrected chi connectivity index (χ0v) is 12.5. The average molecular weight is 329 g/mol. The molecule has 0 aliphatic heterocycles. The van der Waals surface area contributed by atoms with Gasteiger partial charge < -0.3 is 15.4 Å². The van der Waals surface area contributed by atoms with E-state index >= 15 is 0 Å². The number of methoxy groups -OCH3 is 1. The third-order valence-electron chi connectivity index (χ3n) is 2.46. The minimum absolute atomic E-state index is 0.0440. The van der Waals surface area contributed by atoms with Crippen LogP contribution >= 0.6 is 15.9 Å². The number of carbonyl (C=O) groups excluding carboxylic acids is 2. The van der Waals surface area contributed by atoms with E-state index in [1.807, 2.05) is 13.0 Å². The van der Waals surface area contributed by atoms with Crippen LogP contribution in [0.1, 0.15) is 15.9 Å². The van der Waals surface area contributed by atoms with Crippen LogP contribution in [-0.4, -0.2) is 38.6 Å². The van der Waals surface area contributed by atoms with E-state index in [2.05, 4.69) is 26.6 Å². The molecule has 5 nitrogen and oxygen atoms in total. The van der Waals surface area contributed by atoms with Crippen molar-refractivity contribution in [3.05, 3.63) is 33.8 Å². The molecule has 0 saturated heterocycles. The zero-order chi connectivity index (χ0) is 14.3. The van der Waals surface area contributed by atoms with Crippen LogP contribution in [0.15, 0.2) is 22.7 Å². The molecule has 0 radical (unpaired) electrons. The summed E-state index contributed by atoms with van der Waals surface area (Å²) < 4.78 is 5.75. The van der Waals surface area contributed by atoms with Crippen LogP contribution in [0.3, 0.4) is 0 Å². The van der Waals surface area contributed by atoms with Crippen molar-refractivity contribution in [2.75, 3.05) is 26.8 Å². The second-order valence-electron chi connectivity index (χ2n) is 3.99. The number of aryl methyl sites for hydroxylation is 1.